The second kappa shape index (κ2) is 13.0. The lowest BCUT2D eigenvalue weighted by Gasteiger charge is -2.11. The molecule has 11 heteroatoms. The average Bonchev–Trinajstić information content (AvgIpc) is 3.75. The van der Waals surface area contributed by atoms with Gasteiger partial charge in [0.15, 0.2) is 0 Å². The Balaban J connectivity index is 0.000000159. The first kappa shape index (κ1) is 34.5. The van der Waals surface area contributed by atoms with Gasteiger partial charge in [-0.1, -0.05) is 75.5 Å². The lowest BCUT2D eigenvalue weighted by molar-refractivity contribution is 0.0698. The summed E-state index contributed by atoms with van der Waals surface area (Å²) in [4.78, 5) is 59.6. The van der Waals surface area contributed by atoms with Crippen LogP contribution in [-0.4, -0.2) is 48.8 Å². The highest BCUT2D eigenvalue weighted by atomic mass is 16.4. The molecule has 4 N–H and O–H groups in total. The molecule has 0 saturated carbocycles. The molecule has 0 saturated heterocycles. The van der Waals surface area contributed by atoms with Crippen molar-refractivity contribution < 1.29 is 14.7 Å². The van der Waals surface area contributed by atoms with E-state index in [9.17, 15) is 24.3 Å². The minimum absolute atomic E-state index is 0. The number of pyridine rings is 2. The lowest BCUT2D eigenvalue weighted by Crippen LogP contribution is -2.29. The fraction of sp³-hybridized carbons (Fsp3) is 0.0952. The number of carbonyl (C=O) groups excluding carboxylic acids is 1. The van der Waals surface area contributed by atoms with Crippen LogP contribution in [0.4, 0.5) is 0 Å². The fourth-order valence-corrected chi connectivity index (χ4v) is 7.27. The number of nitrogens with zero attached hydrogens (tertiary/aromatic N) is 4. The molecule has 11 nitrogen and oxygen atoms in total. The van der Waals surface area contributed by atoms with E-state index in [0.717, 1.165) is 43.6 Å². The zero-order chi connectivity index (χ0) is 35.0. The molecule has 0 atom stereocenters. The van der Waals surface area contributed by atoms with Crippen LogP contribution in [0.25, 0.3) is 76.5 Å². The fourth-order valence-electron chi connectivity index (χ4n) is 7.27. The topological polar surface area (TPSA) is 161 Å². The summed E-state index contributed by atoms with van der Waals surface area (Å²) >= 11 is 0. The van der Waals surface area contributed by atoms with Crippen LogP contribution < -0.4 is 22.2 Å². The number of carbonyl (C=O) groups is 2. The predicted octanol–water partition coefficient (Wildman–Crippen LogP) is 6.84. The van der Waals surface area contributed by atoms with Gasteiger partial charge in [0.1, 0.15) is 11.3 Å². The molecule has 0 radical (unpaired) electrons. The molecule has 0 aliphatic carbocycles. The van der Waals surface area contributed by atoms with Crippen LogP contribution in [0.2, 0.25) is 0 Å². The van der Waals surface area contributed by atoms with Crippen LogP contribution in [0.15, 0.2) is 119 Å². The number of fused-ring (bicyclic) bond motifs is 8. The normalized spacial score (nSPS) is 11.3. The molecule has 0 unspecified atom stereocenters. The Bertz CT molecular complexity index is 3190. The number of imidazole rings is 2. The number of carboxylic acid groups (broad SMARTS) is 1. The summed E-state index contributed by atoms with van der Waals surface area (Å²) in [6.45, 7) is 0.770. The largest absolute Gasteiger partial charge is 0.478 e. The van der Waals surface area contributed by atoms with Crippen LogP contribution in [0.3, 0.4) is 0 Å². The first-order valence-electron chi connectivity index (χ1n) is 16.3. The van der Waals surface area contributed by atoms with E-state index in [0.29, 0.717) is 51.5 Å². The molecule has 0 spiro atoms. The van der Waals surface area contributed by atoms with Crippen molar-refractivity contribution >= 4 is 88.3 Å². The molecule has 6 aromatic carbocycles. The number of para-hydroxylation sites is 4. The van der Waals surface area contributed by atoms with Crippen LogP contribution >= 0.6 is 0 Å². The van der Waals surface area contributed by atoms with E-state index in [1.807, 2.05) is 72.8 Å². The quantitative estimate of drug-likeness (QED) is 0.180. The highest BCUT2D eigenvalue weighted by Gasteiger charge is 2.20. The Kier molecular flexibility index (Phi) is 8.43. The number of benzene rings is 6. The number of aromatic carboxylic acids is 1. The van der Waals surface area contributed by atoms with Gasteiger partial charge in [-0.3, -0.25) is 23.2 Å². The zero-order valence-electron chi connectivity index (χ0n) is 26.8. The molecule has 0 fully saturated rings. The standard InChI is InChI=1S/C21H16N4O2.C19H10N2O3.2CH4/c22-10-11-23-20(26)13-8-9-15-18-12(13)4-3-5-14(18)19-24-16-6-1-2-7-17(16)25(19)21(15)27;22-18-13-9-8-11(19(23)24)10-4-3-5-12(16(10)13)17-20-14-6-1-2-7-15(14)21(17)18;;/h1-9H,10-11,22H2,(H,23,26);1-9H,(H,23,24);2*1H4. The first-order valence-corrected chi connectivity index (χ1v) is 16.3. The van der Waals surface area contributed by atoms with Gasteiger partial charge in [-0.15, -0.1) is 0 Å². The molecule has 0 aliphatic heterocycles. The van der Waals surface area contributed by atoms with E-state index < -0.39 is 5.97 Å². The van der Waals surface area contributed by atoms with E-state index >= 15 is 0 Å². The minimum Gasteiger partial charge on any atom is -0.478 e. The SMILES string of the molecule is C.C.NCCNC(=O)c1ccc2c(=O)n3c4ccccc4nc3c3cccc1c23.O=C(O)c1ccc2c(=O)n3c4ccccc4nc3c3cccc1c23. The zero-order valence-corrected chi connectivity index (χ0v) is 26.8. The first-order chi connectivity index (χ1) is 24.9. The lowest BCUT2D eigenvalue weighted by atomic mass is 9.97. The van der Waals surface area contributed by atoms with E-state index in [4.69, 9.17) is 5.73 Å². The van der Waals surface area contributed by atoms with Crippen molar-refractivity contribution in [2.75, 3.05) is 13.1 Å². The van der Waals surface area contributed by atoms with Gasteiger partial charge in [0, 0.05) is 51.0 Å². The number of aromatic nitrogens is 4. The van der Waals surface area contributed by atoms with E-state index in [-0.39, 0.29) is 37.4 Å². The molecular weight excluding hydrogens is 668 g/mol. The number of nitrogens with two attached hydrogens (primary N) is 1. The Morgan fingerprint density at radius 3 is 1.53 bits per heavy atom. The number of hydrogen-bond acceptors (Lipinski definition) is 7. The summed E-state index contributed by atoms with van der Waals surface area (Å²) in [5.41, 5.74) is 10.1. The van der Waals surface area contributed by atoms with Gasteiger partial charge in [0.25, 0.3) is 17.0 Å². The van der Waals surface area contributed by atoms with Gasteiger partial charge in [0.2, 0.25) is 0 Å². The monoisotopic (exact) mass is 702 g/mol. The van der Waals surface area contributed by atoms with Crippen molar-refractivity contribution in [1.29, 1.82) is 0 Å². The summed E-state index contributed by atoms with van der Waals surface area (Å²) in [6.07, 6.45) is 0. The Labute approximate surface area is 301 Å². The van der Waals surface area contributed by atoms with Gasteiger partial charge < -0.3 is 16.2 Å². The number of rotatable bonds is 4. The van der Waals surface area contributed by atoms with Crippen molar-refractivity contribution in [3.63, 3.8) is 0 Å². The molecule has 1 amide bonds. The molecule has 0 bridgehead atoms. The predicted molar refractivity (Wildman–Crippen MR) is 212 cm³/mol. The van der Waals surface area contributed by atoms with Crippen LogP contribution in [0.5, 0.6) is 0 Å². The van der Waals surface area contributed by atoms with Crippen LogP contribution in [0, 0.1) is 0 Å². The Morgan fingerprint density at radius 2 is 1.04 bits per heavy atom. The molecule has 53 heavy (non-hydrogen) atoms. The highest BCUT2D eigenvalue weighted by molar-refractivity contribution is 6.21. The maximum Gasteiger partial charge on any atom is 0.336 e. The van der Waals surface area contributed by atoms with E-state index in [2.05, 4.69) is 15.3 Å². The Morgan fingerprint density at radius 1 is 0.585 bits per heavy atom. The molecule has 10 rings (SSSR count). The summed E-state index contributed by atoms with van der Waals surface area (Å²) in [7, 11) is 0. The van der Waals surface area contributed by atoms with Gasteiger partial charge in [0.05, 0.1) is 27.6 Å². The maximum atomic E-state index is 13.2. The van der Waals surface area contributed by atoms with Crippen molar-refractivity contribution in [2.24, 2.45) is 5.73 Å². The van der Waals surface area contributed by atoms with Crippen molar-refractivity contribution in [1.82, 2.24) is 24.1 Å². The van der Waals surface area contributed by atoms with Crippen molar-refractivity contribution in [2.45, 2.75) is 14.9 Å². The van der Waals surface area contributed by atoms with Crippen LogP contribution in [-0.2, 0) is 0 Å². The van der Waals surface area contributed by atoms with Gasteiger partial charge >= 0.3 is 5.97 Å². The number of hydrogen-bond donors (Lipinski definition) is 3. The third kappa shape index (κ3) is 5.01. The van der Waals surface area contributed by atoms with Gasteiger partial charge in [-0.05, 0) is 59.3 Å². The summed E-state index contributed by atoms with van der Waals surface area (Å²) < 4.78 is 3.26. The van der Waals surface area contributed by atoms with E-state index in [1.54, 1.807) is 39.1 Å². The molecule has 10 aromatic rings. The average molecular weight is 703 g/mol. The maximum absolute atomic E-state index is 13.2. The summed E-state index contributed by atoms with van der Waals surface area (Å²) in [5, 5.41) is 17.7. The Hall–Kier alpha value is -6.98. The summed E-state index contributed by atoms with van der Waals surface area (Å²) in [6, 6.07) is 32.7. The van der Waals surface area contributed by atoms with Crippen molar-refractivity contribution in [3.05, 3.63) is 141 Å². The van der Waals surface area contributed by atoms with E-state index in [1.165, 1.54) is 6.07 Å². The molecule has 4 heterocycles. The highest BCUT2D eigenvalue weighted by Crippen LogP contribution is 2.33. The van der Waals surface area contributed by atoms with Crippen LogP contribution in [0.1, 0.15) is 35.6 Å². The number of carboxylic acids is 1. The smallest absolute Gasteiger partial charge is 0.336 e. The molecule has 262 valence electrons. The second-order valence-electron chi connectivity index (χ2n) is 12.3. The van der Waals surface area contributed by atoms with Gasteiger partial charge in [-0.2, -0.15) is 0 Å². The third-order valence-electron chi connectivity index (χ3n) is 9.46. The molecular formula is C42H34N6O5. The second-order valence-corrected chi connectivity index (χ2v) is 12.3. The summed E-state index contributed by atoms with van der Waals surface area (Å²) in [5.74, 6) is -1.21. The third-order valence-corrected chi connectivity index (χ3v) is 9.46. The minimum atomic E-state index is -1.01. The van der Waals surface area contributed by atoms with Gasteiger partial charge in [-0.25, -0.2) is 14.8 Å². The molecule has 0 aliphatic rings. The van der Waals surface area contributed by atoms with Crippen molar-refractivity contribution in [3.8, 4) is 0 Å². The number of amides is 1. The number of nitrogens with one attached hydrogen (secondary N) is 1. The molecule has 4 aromatic heterocycles.